The number of hydrazone groups is 1. The van der Waals surface area contributed by atoms with Crippen molar-refractivity contribution in [1.29, 1.82) is 0 Å². The molecule has 0 atom stereocenters. The van der Waals surface area contributed by atoms with E-state index in [-0.39, 0.29) is 11.7 Å². The van der Waals surface area contributed by atoms with E-state index in [9.17, 15) is 9.90 Å². The zero-order chi connectivity index (χ0) is 18.5. The molecule has 0 unspecified atom stereocenters. The van der Waals surface area contributed by atoms with Crippen molar-refractivity contribution in [3.8, 4) is 17.2 Å². The maximum atomic E-state index is 12.5. The van der Waals surface area contributed by atoms with Gasteiger partial charge in [-0.3, -0.25) is 4.79 Å². The first-order valence-electron chi connectivity index (χ1n) is 7.89. The van der Waals surface area contributed by atoms with E-state index in [0.29, 0.717) is 22.6 Å². The van der Waals surface area contributed by atoms with Crippen LogP contribution in [0.15, 0.2) is 59.7 Å². The summed E-state index contributed by atoms with van der Waals surface area (Å²) in [7, 11) is 2.98. The summed E-state index contributed by atoms with van der Waals surface area (Å²) in [6.45, 7) is 0. The molecule has 2 N–H and O–H groups in total. The second-order valence-corrected chi connectivity index (χ2v) is 5.53. The summed E-state index contributed by atoms with van der Waals surface area (Å²) in [6.07, 6.45) is 1.47. The third kappa shape index (κ3) is 3.59. The molecule has 0 radical (unpaired) electrons. The first-order valence-corrected chi connectivity index (χ1v) is 7.89. The number of nitrogens with zero attached hydrogens (tertiary/aromatic N) is 1. The summed E-state index contributed by atoms with van der Waals surface area (Å²) in [5.74, 6) is 0.461. The Morgan fingerprint density at radius 1 is 1.00 bits per heavy atom. The average molecular weight is 350 g/mol. The Hall–Kier alpha value is -3.54. The fourth-order valence-corrected chi connectivity index (χ4v) is 2.57. The lowest BCUT2D eigenvalue weighted by Crippen LogP contribution is -2.18. The van der Waals surface area contributed by atoms with Crippen molar-refractivity contribution in [2.75, 3.05) is 14.2 Å². The number of hydrogen-bond acceptors (Lipinski definition) is 5. The first kappa shape index (κ1) is 17.3. The minimum atomic E-state index is -0.380. The van der Waals surface area contributed by atoms with Crippen molar-refractivity contribution < 1.29 is 19.4 Å². The Morgan fingerprint density at radius 3 is 2.38 bits per heavy atom. The molecule has 0 aliphatic carbocycles. The predicted molar refractivity (Wildman–Crippen MR) is 100 cm³/mol. The van der Waals surface area contributed by atoms with Crippen molar-refractivity contribution in [2.45, 2.75) is 0 Å². The van der Waals surface area contributed by atoms with Gasteiger partial charge in [-0.25, -0.2) is 5.43 Å². The number of hydrogen-bond donors (Lipinski definition) is 2. The van der Waals surface area contributed by atoms with Gasteiger partial charge in [0.05, 0.1) is 26.0 Å². The summed E-state index contributed by atoms with van der Waals surface area (Å²) in [5.41, 5.74) is 3.55. The van der Waals surface area contributed by atoms with Gasteiger partial charge in [0, 0.05) is 0 Å². The van der Waals surface area contributed by atoms with Gasteiger partial charge in [0.1, 0.15) is 5.75 Å². The molecule has 0 heterocycles. The SMILES string of the molecule is COc1cc(/C=N\NC(=O)c2cc3ccccc3cc2OC)ccc1O. The van der Waals surface area contributed by atoms with Crippen LogP contribution in [0.3, 0.4) is 0 Å². The molecular formula is C20H18N2O4. The van der Waals surface area contributed by atoms with Gasteiger partial charge in [-0.1, -0.05) is 24.3 Å². The Kier molecular flexibility index (Phi) is 5.03. The third-order valence-corrected chi connectivity index (χ3v) is 3.90. The van der Waals surface area contributed by atoms with E-state index in [1.807, 2.05) is 30.3 Å². The molecule has 0 bridgehead atoms. The molecular weight excluding hydrogens is 332 g/mol. The molecule has 3 rings (SSSR count). The zero-order valence-corrected chi connectivity index (χ0v) is 14.4. The lowest BCUT2D eigenvalue weighted by atomic mass is 10.1. The molecule has 0 aliphatic rings. The van der Waals surface area contributed by atoms with Crippen molar-refractivity contribution in [2.24, 2.45) is 5.10 Å². The maximum absolute atomic E-state index is 12.5. The Labute approximate surface area is 150 Å². The summed E-state index contributed by atoms with van der Waals surface area (Å²) in [4.78, 5) is 12.5. The van der Waals surface area contributed by atoms with Crippen LogP contribution in [0.4, 0.5) is 0 Å². The number of carbonyl (C=O) groups excluding carboxylic acids is 1. The molecule has 132 valence electrons. The molecule has 0 aliphatic heterocycles. The van der Waals surface area contributed by atoms with Crippen molar-refractivity contribution >= 4 is 22.9 Å². The first-order chi connectivity index (χ1) is 12.6. The Morgan fingerprint density at radius 2 is 1.69 bits per heavy atom. The van der Waals surface area contributed by atoms with Crippen LogP contribution in [0, 0.1) is 0 Å². The third-order valence-electron chi connectivity index (χ3n) is 3.90. The summed E-state index contributed by atoms with van der Waals surface area (Å²) in [6, 6.07) is 16.1. The average Bonchev–Trinajstić information content (AvgIpc) is 2.68. The standard InChI is InChI=1S/C20H18N2O4/c1-25-18-11-15-6-4-3-5-14(15)10-16(18)20(24)22-21-12-13-7-8-17(23)19(9-13)26-2/h3-12,23H,1-2H3,(H,22,24)/b21-12-. The van der Waals surface area contributed by atoms with Crippen LogP contribution in [0.2, 0.25) is 0 Å². The second kappa shape index (κ2) is 7.57. The largest absolute Gasteiger partial charge is 0.504 e. The van der Waals surface area contributed by atoms with E-state index in [0.717, 1.165) is 10.8 Å². The monoisotopic (exact) mass is 350 g/mol. The van der Waals surface area contributed by atoms with E-state index < -0.39 is 0 Å². The van der Waals surface area contributed by atoms with Gasteiger partial charge >= 0.3 is 0 Å². The van der Waals surface area contributed by atoms with E-state index in [1.54, 1.807) is 18.2 Å². The minimum absolute atomic E-state index is 0.0367. The number of rotatable bonds is 5. The molecule has 1 amide bonds. The topological polar surface area (TPSA) is 80.2 Å². The van der Waals surface area contributed by atoms with Crippen LogP contribution in [0.25, 0.3) is 10.8 Å². The molecule has 6 heteroatoms. The molecule has 3 aromatic rings. The number of phenolic OH excluding ortho intramolecular Hbond substituents is 1. The number of phenols is 1. The van der Waals surface area contributed by atoms with Gasteiger partial charge in [0.2, 0.25) is 0 Å². The number of benzene rings is 3. The summed E-state index contributed by atoms with van der Waals surface area (Å²) in [5, 5.41) is 15.5. The number of fused-ring (bicyclic) bond motifs is 1. The number of aromatic hydroxyl groups is 1. The Bertz CT molecular complexity index is 983. The molecule has 26 heavy (non-hydrogen) atoms. The van der Waals surface area contributed by atoms with Gasteiger partial charge < -0.3 is 14.6 Å². The summed E-state index contributed by atoms with van der Waals surface area (Å²) < 4.78 is 10.4. The lowest BCUT2D eigenvalue weighted by Gasteiger charge is -2.09. The highest BCUT2D eigenvalue weighted by Gasteiger charge is 2.13. The van der Waals surface area contributed by atoms with Crippen LogP contribution in [0.1, 0.15) is 15.9 Å². The Balaban J connectivity index is 1.80. The van der Waals surface area contributed by atoms with Crippen molar-refractivity contribution in [3.05, 3.63) is 65.7 Å². The minimum Gasteiger partial charge on any atom is -0.504 e. The highest BCUT2D eigenvalue weighted by molar-refractivity contribution is 6.02. The predicted octanol–water partition coefficient (Wildman–Crippen LogP) is 3.33. The van der Waals surface area contributed by atoms with Crippen LogP contribution in [-0.4, -0.2) is 31.4 Å². The molecule has 6 nitrogen and oxygen atoms in total. The normalized spacial score (nSPS) is 10.8. The fraction of sp³-hybridized carbons (Fsp3) is 0.100. The number of ether oxygens (including phenoxy) is 2. The summed E-state index contributed by atoms with van der Waals surface area (Å²) >= 11 is 0. The van der Waals surface area contributed by atoms with Gasteiger partial charge in [-0.2, -0.15) is 5.10 Å². The number of carbonyl (C=O) groups is 1. The fourth-order valence-electron chi connectivity index (χ4n) is 2.57. The lowest BCUT2D eigenvalue weighted by molar-refractivity contribution is 0.0952. The highest BCUT2D eigenvalue weighted by atomic mass is 16.5. The van der Waals surface area contributed by atoms with E-state index in [2.05, 4.69) is 10.5 Å². The van der Waals surface area contributed by atoms with E-state index in [1.165, 1.54) is 26.5 Å². The molecule has 0 saturated carbocycles. The molecule has 0 fully saturated rings. The van der Waals surface area contributed by atoms with Crippen LogP contribution in [0.5, 0.6) is 17.2 Å². The molecule has 0 aromatic heterocycles. The van der Waals surface area contributed by atoms with E-state index in [4.69, 9.17) is 9.47 Å². The number of methoxy groups -OCH3 is 2. The van der Waals surface area contributed by atoms with E-state index >= 15 is 0 Å². The molecule has 0 spiro atoms. The smallest absolute Gasteiger partial charge is 0.275 e. The quantitative estimate of drug-likeness (QED) is 0.546. The molecule has 0 saturated heterocycles. The van der Waals surface area contributed by atoms with Crippen LogP contribution in [-0.2, 0) is 0 Å². The zero-order valence-electron chi connectivity index (χ0n) is 14.4. The van der Waals surface area contributed by atoms with Gasteiger partial charge in [0.15, 0.2) is 11.5 Å². The van der Waals surface area contributed by atoms with Crippen molar-refractivity contribution in [3.63, 3.8) is 0 Å². The van der Waals surface area contributed by atoms with Crippen LogP contribution < -0.4 is 14.9 Å². The van der Waals surface area contributed by atoms with Gasteiger partial charge in [-0.05, 0) is 46.7 Å². The second-order valence-electron chi connectivity index (χ2n) is 5.53. The van der Waals surface area contributed by atoms with Crippen LogP contribution >= 0.6 is 0 Å². The number of amides is 1. The van der Waals surface area contributed by atoms with Gasteiger partial charge in [-0.15, -0.1) is 0 Å². The highest BCUT2D eigenvalue weighted by Crippen LogP contribution is 2.26. The van der Waals surface area contributed by atoms with Crippen molar-refractivity contribution in [1.82, 2.24) is 5.43 Å². The maximum Gasteiger partial charge on any atom is 0.275 e. The molecule has 3 aromatic carbocycles. The number of nitrogens with one attached hydrogen (secondary N) is 1. The van der Waals surface area contributed by atoms with Gasteiger partial charge in [0.25, 0.3) is 5.91 Å².